The first-order chi connectivity index (χ1) is 11.6. The number of fused-ring (bicyclic) bond motifs is 2. The summed E-state index contributed by atoms with van der Waals surface area (Å²) in [5.41, 5.74) is 1.56. The van der Waals surface area contributed by atoms with E-state index in [1.165, 1.54) is 0 Å². The van der Waals surface area contributed by atoms with Gasteiger partial charge in [-0.1, -0.05) is 12.2 Å². The van der Waals surface area contributed by atoms with Crippen molar-refractivity contribution in [1.82, 2.24) is 4.90 Å². The van der Waals surface area contributed by atoms with Crippen molar-refractivity contribution >= 4 is 0 Å². The molecule has 0 bridgehead atoms. The van der Waals surface area contributed by atoms with E-state index < -0.39 is 6.29 Å². The van der Waals surface area contributed by atoms with Crippen LogP contribution in [-0.4, -0.2) is 55.8 Å². The fourth-order valence-electron chi connectivity index (χ4n) is 4.82. The first-order valence-corrected chi connectivity index (χ1v) is 8.33. The van der Waals surface area contributed by atoms with Crippen molar-refractivity contribution in [1.29, 1.82) is 0 Å². The van der Waals surface area contributed by atoms with Gasteiger partial charge in [0.15, 0.2) is 17.8 Å². The lowest BCUT2D eigenvalue weighted by molar-refractivity contribution is -0.160. The van der Waals surface area contributed by atoms with Crippen LogP contribution < -0.4 is 9.47 Å². The number of aliphatic hydroxyl groups excluding tert-OH is 1. The SMILES string of the molecule is CO[C@@H]1C=C[C@@]23c4cc5c(cc4C(O)O[C@@H]2CN(C)[C@H]3C1)OCO5. The number of nitrogens with zero attached hydrogens (tertiary/aromatic N) is 1. The third kappa shape index (κ3) is 1.74. The molecule has 1 aliphatic carbocycles. The van der Waals surface area contributed by atoms with Gasteiger partial charge in [-0.25, -0.2) is 0 Å². The van der Waals surface area contributed by atoms with Crippen LogP contribution in [0, 0.1) is 0 Å². The highest BCUT2D eigenvalue weighted by Crippen LogP contribution is 2.54. The standard InChI is InChI=1S/C18H21NO5/c1-19-8-16-18(4-3-10(21-2)5-15(18)19)12-7-14-13(22-9-23-14)6-11(12)17(20)24-16/h3-4,6-7,10,15-17,20H,5,8-9H2,1-2H3/t10-,15+,16-,17?,18+/m1/s1. The first-order valence-electron chi connectivity index (χ1n) is 8.33. The van der Waals surface area contributed by atoms with Crippen molar-refractivity contribution in [2.75, 3.05) is 27.5 Å². The Morgan fingerprint density at radius 3 is 2.88 bits per heavy atom. The number of likely N-dealkylation sites (N-methyl/N-ethyl adjacent to an activating group) is 1. The van der Waals surface area contributed by atoms with Crippen LogP contribution in [0.1, 0.15) is 23.8 Å². The summed E-state index contributed by atoms with van der Waals surface area (Å²) in [6, 6.07) is 4.14. The van der Waals surface area contributed by atoms with Gasteiger partial charge in [-0.2, -0.15) is 0 Å². The molecule has 3 heterocycles. The molecule has 1 aromatic rings. The van der Waals surface area contributed by atoms with E-state index >= 15 is 0 Å². The molecule has 4 aliphatic rings. The molecule has 6 nitrogen and oxygen atoms in total. The quantitative estimate of drug-likeness (QED) is 0.784. The number of hydrogen-bond acceptors (Lipinski definition) is 6. The molecule has 0 amide bonds. The van der Waals surface area contributed by atoms with Gasteiger partial charge in [-0.15, -0.1) is 0 Å². The number of rotatable bonds is 1. The van der Waals surface area contributed by atoms with E-state index in [0.29, 0.717) is 5.75 Å². The van der Waals surface area contributed by atoms with E-state index in [2.05, 4.69) is 24.1 Å². The third-order valence-corrected chi connectivity index (χ3v) is 5.99. The van der Waals surface area contributed by atoms with Crippen molar-refractivity contribution in [3.8, 4) is 11.5 Å². The van der Waals surface area contributed by atoms with Gasteiger partial charge >= 0.3 is 0 Å². The highest BCUT2D eigenvalue weighted by atomic mass is 16.7. The van der Waals surface area contributed by atoms with Crippen molar-refractivity contribution in [2.24, 2.45) is 0 Å². The number of aliphatic hydroxyl groups is 1. The molecule has 1 saturated heterocycles. The number of benzene rings is 1. The van der Waals surface area contributed by atoms with Crippen LogP contribution in [0.3, 0.4) is 0 Å². The van der Waals surface area contributed by atoms with Gasteiger partial charge in [0.2, 0.25) is 6.79 Å². The lowest BCUT2D eigenvalue weighted by Crippen LogP contribution is -2.52. The molecule has 128 valence electrons. The van der Waals surface area contributed by atoms with Crippen LogP contribution in [0.5, 0.6) is 11.5 Å². The molecule has 5 rings (SSSR count). The zero-order valence-corrected chi connectivity index (χ0v) is 13.8. The molecular weight excluding hydrogens is 310 g/mol. The smallest absolute Gasteiger partial charge is 0.231 e. The summed E-state index contributed by atoms with van der Waals surface area (Å²) in [7, 11) is 3.85. The maximum Gasteiger partial charge on any atom is 0.231 e. The zero-order valence-electron chi connectivity index (χ0n) is 13.8. The molecule has 5 atom stereocenters. The van der Waals surface area contributed by atoms with Gasteiger partial charge in [-0.05, 0) is 31.2 Å². The Balaban J connectivity index is 1.73. The summed E-state index contributed by atoms with van der Waals surface area (Å²) >= 11 is 0. The summed E-state index contributed by atoms with van der Waals surface area (Å²) in [6.07, 6.45) is 4.31. The Kier molecular flexibility index (Phi) is 3.04. The Morgan fingerprint density at radius 1 is 1.29 bits per heavy atom. The first kappa shape index (κ1) is 14.7. The minimum atomic E-state index is -0.939. The fourth-order valence-corrected chi connectivity index (χ4v) is 4.82. The third-order valence-electron chi connectivity index (χ3n) is 5.99. The average molecular weight is 331 g/mol. The second-order valence-corrected chi connectivity index (χ2v) is 7.03. The van der Waals surface area contributed by atoms with Gasteiger partial charge < -0.3 is 24.1 Å². The predicted octanol–water partition coefficient (Wildman–Crippen LogP) is 1.33. The molecule has 0 radical (unpaired) electrons. The van der Waals surface area contributed by atoms with Gasteiger partial charge in [0.05, 0.1) is 17.6 Å². The maximum atomic E-state index is 10.5. The van der Waals surface area contributed by atoms with Crippen molar-refractivity contribution < 1.29 is 24.1 Å². The van der Waals surface area contributed by atoms with Crippen LogP contribution in [0.4, 0.5) is 0 Å². The van der Waals surface area contributed by atoms with Gasteiger partial charge in [0.1, 0.15) is 0 Å². The average Bonchev–Trinajstić information content (AvgIpc) is 3.16. The van der Waals surface area contributed by atoms with Crippen LogP contribution in [-0.2, 0) is 14.9 Å². The Hall–Kier alpha value is -1.60. The van der Waals surface area contributed by atoms with Crippen molar-refractivity contribution in [2.45, 2.75) is 36.4 Å². The van der Waals surface area contributed by atoms with Crippen molar-refractivity contribution in [3.05, 3.63) is 35.4 Å². The highest BCUT2D eigenvalue weighted by molar-refractivity contribution is 5.56. The number of ether oxygens (including phenoxy) is 4. The van der Waals surface area contributed by atoms with Gasteiger partial charge in [0.25, 0.3) is 0 Å². The molecule has 1 aromatic carbocycles. The van der Waals surface area contributed by atoms with Crippen LogP contribution >= 0.6 is 0 Å². The van der Waals surface area contributed by atoms with Crippen molar-refractivity contribution in [3.63, 3.8) is 0 Å². The molecule has 3 aliphatic heterocycles. The number of hydrogen-bond donors (Lipinski definition) is 1. The molecule has 24 heavy (non-hydrogen) atoms. The van der Waals surface area contributed by atoms with E-state index in [-0.39, 0.29) is 30.5 Å². The molecular formula is C18H21NO5. The lowest BCUT2D eigenvalue weighted by Gasteiger charge is -2.46. The minimum Gasteiger partial charge on any atom is -0.454 e. The lowest BCUT2D eigenvalue weighted by atomic mass is 9.65. The van der Waals surface area contributed by atoms with Crippen LogP contribution in [0.25, 0.3) is 0 Å². The van der Waals surface area contributed by atoms with E-state index in [0.717, 1.165) is 29.8 Å². The summed E-state index contributed by atoms with van der Waals surface area (Å²) in [4.78, 5) is 2.31. The Morgan fingerprint density at radius 2 is 2.08 bits per heavy atom. The highest BCUT2D eigenvalue weighted by Gasteiger charge is 2.59. The Bertz CT molecular complexity index is 720. The minimum absolute atomic E-state index is 0.0931. The summed E-state index contributed by atoms with van der Waals surface area (Å²) in [5, 5.41) is 10.5. The summed E-state index contributed by atoms with van der Waals surface area (Å²) in [5.74, 6) is 1.41. The van der Waals surface area contributed by atoms with E-state index in [1.807, 2.05) is 12.1 Å². The summed E-state index contributed by atoms with van der Waals surface area (Å²) < 4.78 is 22.6. The normalized spacial score (nSPS) is 39.5. The van der Waals surface area contributed by atoms with E-state index in [1.54, 1.807) is 7.11 Å². The van der Waals surface area contributed by atoms with E-state index in [4.69, 9.17) is 18.9 Å². The second-order valence-electron chi connectivity index (χ2n) is 7.03. The predicted molar refractivity (Wildman–Crippen MR) is 85.0 cm³/mol. The largest absolute Gasteiger partial charge is 0.454 e. The van der Waals surface area contributed by atoms with Crippen LogP contribution in [0.2, 0.25) is 0 Å². The van der Waals surface area contributed by atoms with Crippen LogP contribution in [0.15, 0.2) is 24.3 Å². The van der Waals surface area contributed by atoms with E-state index in [9.17, 15) is 5.11 Å². The monoisotopic (exact) mass is 331 g/mol. The van der Waals surface area contributed by atoms with Gasteiger partial charge in [0, 0.05) is 25.3 Å². The molecule has 0 saturated carbocycles. The molecule has 1 N–H and O–H groups in total. The second kappa shape index (κ2) is 4.95. The molecule has 1 spiro atoms. The number of methoxy groups -OCH3 is 1. The fraction of sp³-hybridized carbons (Fsp3) is 0.556. The molecule has 6 heteroatoms. The molecule has 1 fully saturated rings. The molecule has 1 unspecified atom stereocenters. The molecule has 0 aromatic heterocycles. The van der Waals surface area contributed by atoms with Gasteiger partial charge in [-0.3, -0.25) is 4.90 Å². The summed E-state index contributed by atoms with van der Waals surface area (Å²) in [6.45, 7) is 0.993. The maximum absolute atomic E-state index is 10.5. The number of likely N-dealkylation sites (tertiary alicyclic amines) is 1. The topological polar surface area (TPSA) is 60.4 Å². The zero-order chi connectivity index (χ0) is 16.5. The Labute approximate surface area is 140 Å².